The van der Waals surface area contributed by atoms with Crippen LogP contribution in [0.25, 0.3) is 0 Å². The summed E-state index contributed by atoms with van der Waals surface area (Å²) in [7, 11) is 1.62. The van der Waals surface area contributed by atoms with E-state index in [2.05, 4.69) is 0 Å². The maximum absolute atomic E-state index is 11.4. The molecule has 2 aromatic carbocycles. The number of amides is 2. The summed E-state index contributed by atoms with van der Waals surface area (Å²) in [6.45, 7) is 2.40. The van der Waals surface area contributed by atoms with Crippen molar-refractivity contribution in [2.24, 2.45) is 0 Å². The van der Waals surface area contributed by atoms with Crippen LogP contribution in [0.15, 0.2) is 54.6 Å². The van der Waals surface area contributed by atoms with Gasteiger partial charge in [0.2, 0.25) is 0 Å². The molecule has 0 spiro atoms. The normalized spacial score (nSPS) is 11.6. The summed E-state index contributed by atoms with van der Waals surface area (Å²) in [5.41, 5.74) is 3.69. The molecule has 0 aliphatic rings. The average molecular weight is 300 g/mol. The molecule has 0 fully saturated rings. The van der Waals surface area contributed by atoms with Gasteiger partial charge >= 0.3 is 6.03 Å². The summed E-state index contributed by atoms with van der Waals surface area (Å²) in [5.74, 6) is 0.772. The van der Waals surface area contributed by atoms with Gasteiger partial charge in [-0.1, -0.05) is 42.5 Å². The van der Waals surface area contributed by atoms with Crippen LogP contribution in [0, 0.1) is 0 Å². The number of nitrogens with zero attached hydrogens (tertiary/aromatic N) is 1. The summed E-state index contributed by atoms with van der Waals surface area (Å²) >= 11 is 0. The van der Waals surface area contributed by atoms with E-state index in [1.165, 1.54) is 4.90 Å². The number of urea groups is 1. The Morgan fingerprint density at radius 2 is 1.82 bits per heavy atom. The molecule has 5 nitrogen and oxygen atoms in total. The number of nitrogens with one attached hydrogen (secondary N) is 1. The van der Waals surface area contributed by atoms with Crippen LogP contribution in [0.4, 0.5) is 4.79 Å². The lowest BCUT2D eigenvalue weighted by Crippen LogP contribution is -2.36. The lowest BCUT2D eigenvalue weighted by molar-refractivity contribution is 0.127. The summed E-state index contributed by atoms with van der Waals surface area (Å²) in [6, 6.07) is 16.8. The molecule has 0 heterocycles. The van der Waals surface area contributed by atoms with E-state index in [-0.39, 0.29) is 6.04 Å². The number of ether oxygens (including phenoxy) is 1. The number of carbonyl (C=O) groups is 1. The Labute approximate surface area is 130 Å². The third-order valence-corrected chi connectivity index (χ3v) is 3.61. The van der Waals surface area contributed by atoms with Crippen molar-refractivity contribution in [3.63, 3.8) is 0 Å². The van der Waals surface area contributed by atoms with Crippen molar-refractivity contribution in [1.29, 1.82) is 0 Å². The first kappa shape index (κ1) is 15.9. The van der Waals surface area contributed by atoms with E-state index in [4.69, 9.17) is 9.94 Å². The number of benzene rings is 2. The molecule has 0 saturated heterocycles. The van der Waals surface area contributed by atoms with Crippen LogP contribution in [-0.4, -0.2) is 23.2 Å². The van der Waals surface area contributed by atoms with Gasteiger partial charge in [0.1, 0.15) is 12.4 Å². The van der Waals surface area contributed by atoms with E-state index in [0.717, 1.165) is 16.9 Å². The highest BCUT2D eigenvalue weighted by Gasteiger charge is 2.16. The molecule has 22 heavy (non-hydrogen) atoms. The van der Waals surface area contributed by atoms with E-state index in [1.54, 1.807) is 12.5 Å². The molecule has 0 bridgehead atoms. The van der Waals surface area contributed by atoms with Gasteiger partial charge in [0.05, 0.1) is 6.04 Å². The topological polar surface area (TPSA) is 61.8 Å². The van der Waals surface area contributed by atoms with Crippen LogP contribution in [0.3, 0.4) is 0 Å². The van der Waals surface area contributed by atoms with E-state index in [0.29, 0.717) is 6.61 Å². The molecule has 2 rings (SSSR count). The van der Waals surface area contributed by atoms with Crippen molar-refractivity contribution in [1.82, 2.24) is 10.4 Å². The van der Waals surface area contributed by atoms with Gasteiger partial charge in [-0.25, -0.2) is 10.3 Å². The Morgan fingerprint density at radius 1 is 1.18 bits per heavy atom. The number of hydrogen-bond acceptors (Lipinski definition) is 3. The van der Waals surface area contributed by atoms with E-state index >= 15 is 0 Å². The maximum atomic E-state index is 11.4. The van der Waals surface area contributed by atoms with Gasteiger partial charge in [-0.2, -0.15) is 0 Å². The zero-order valence-corrected chi connectivity index (χ0v) is 12.7. The minimum absolute atomic E-state index is 0.157. The molecule has 2 amide bonds. The van der Waals surface area contributed by atoms with Gasteiger partial charge in [0.25, 0.3) is 0 Å². The summed E-state index contributed by atoms with van der Waals surface area (Å²) in [5, 5.41) is 8.66. The summed E-state index contributed by atoms with van der Waals surface area (Å²) < 4.78 is 5.72. The molecule has 0 aliphatic carbocycles. The van der Waals surface area contributed by atoms with Gasteiger partial charge in [-0.05, 0) is 30.2 Å². The zero-order valence-electron chi connectivity index (χ0n) is 12.7. The second-order valence-corrected chi connectivity index (χ2v) is 5.05. The number of hydrogen-bond donors (Lipinski definition) is 2. The molecule has 2 N–H and O–H groups in total. The average Bonchev–Trinajstić information content (AvgIpc) is 2.59. The van der Waals surface area contributed by atoms with Crippen LogP contribution in [-0.2, 0) is 6.61 Å². The fourth-order valence-corrected chi connectivity index (χ4v) is 2.06. The Kier molecular flexibility index (Phi) is 5.38. The molecule has 5 heteroatoms. The van der Waals surface area contributed by atoms with Crippen LogP contribution < -0.4 is 10.2 Å². The quantitative estimate of drug-likeness (QED) is 0.657. The number of carbonyl (C=O) groups excluding carboxylic acids is 1. The third kappa shape index (κ3) is 3.99. The largest absolute Gasteiger partial charge is 0.489 e. The van der Waals surface area contributed by atoms with Gasteiger partial charge in [-0.3, -0.25) is 5.21 Å². The van der Waals surface area contributed by atoms with Gasteiger partial charge in [0, 0.05) is 7.05 Å². The molecular weight excluding hydrogens is 280 g/mol. The standard InChI is InChI=1S/C17H20N2O3/c1-13(19(2)17(20)18-21)15-8-10-16(11-9-15)22-12-14-6-4-3-5-7-14/h3-11,13,21H,12H2,1-2H3,(H,18,20). The van der Waals surface area contributed by atoms with Crippen molar-refractivity contribution in [3.05, 3.63) is 65.7 Å². The third-order valence-electron chi connectivity index (χ3n) is 3.61. The summed E-state index contributed by atoms with van der Waals surface area (Å²) in [4.78, 5) is 12.8. The smallest absolute Gasteiger partial charge is 0.341 e. The lowest BCUT2D eigenvalue weighted by Gasteiger charge is -2.24. The van der Waals surface area contributed by atoms with Crippen molar-refractivity contribution in [3.8, 4) is 5.75 Å². The second kappa shape index (κ2) is 7.47. The Hall–Kier alpha value is -2.53. The predicted octanol–water partition coefficient (Wildman–Crippen LogP) is 3.36. The lowest BCUT2D eigenvalue weighted by atomic mass is 10.1. The minimum Gasteiger partial charge on any atom is -0.489 e. The highest BCUT2D eigenvalue weighted by atomic mass is 16.5. The monoisotopic (exact) mass is 300 g/mol. The highest BCUT2D eigenvalue weighted by Crippen LogP contribution is 2.22. The number of rotatable bonds is 5. The first-order valence-corrected chi connectivity index (χ1v) is 7.05. The fourth-order valence-electron chi connectivity index (χ4n) is 2.06. The van der Waals surface area contributed by atoms with E-state index in [9.17, 15) is 4.79 Å². The van der Waals surface area contributed by atoms with Gasteiger partial charge in [0.15, 0.2) is 0 Å². The Morgan fingerprint density at radius 3 is 2.41 bits per heavy atom. The molecule has 1 unspecified atom stereocenters. The minimum atomic E-state index is -0.545. The second-order valence-electron chi connectivity index (χ2n) is 5.05. The van der Waals surface area contributed by atoms with Crippen LogP contribution in [0.5, 0.6) is 5.75 Å². The molecule has 116 valence electrons. The van der Waals surface area contributed by atoms with E-state index in [1.807, 2.05) is 61.5 Å². The molecule has 0 aliphatic heterocycles. The van der Waals surface area contributed by atoms with Crippen molar-refractivity contribution < 1.29 is 14.7 Å². The molecule has 0 aromatic heterocycles. The van der Waals surface area contributed by atoms with E-state index < -0.39 is 6.03 Å². The Bertz CT molecular complexity index is 599. The van der Waals surface area contributed by atoms with Crippen LogP contribution in [0.1, 0.15) is 24.1 Å². The van der Waals surface area contributed by atoms with Crippen LogP contribution in [0.2, 0.25) is 0 Å². The maximum Gasteiger partial charge on any atom is 0.341 e. The fraction of sp³-hybridized carbons (Fsp3) is 0.235. The molecule has 2 aromatic rings. The molecular formula is C17H20N2O3. The van der Waals surface area contributed by atoms with Gasteiger partial charge in [-0.15, -0.1) is 0 Å². The summed E-state index contributed by atoms with van der Waals surface area (Å²) in [6.07, 6.45) is 0. The number of hydroxylamine groups is 1. The first-order chi connectivity index (χ1) is 10.6. The van der Waals surface area contributed by atoms with Gasteiger partial charge < -0.3 is 9.64 Å². The van der Waals surface area contributed by atoms with Crippen molar-refractivity contribution in [2.45, 2.75) is 19.6 Å². The zero-order chi connectivity index (χ0) is 15.9. The molecule has 0 saturated carbocycles. The first-order valence-electron chi connectivity index (χ1n) is 7.05. The van der Waals surface area contributed by atoms with Crippen molar-refractivity contribution >= 4 is 6.03 Å². The highest BCUT2D eigenvalue weighted by molar-refractivity contribution is 5.73. The van der Waals surface area contributed by atoms with Crippen LogP contribution >= 0.6 is 0 Å². The molecule has 1 atom stereocenters. The van der Waals surface area contributed by atoms with Crippen molar-refractivity contribution in [2.75, 3.05) is 7.05 Å². The SMILES string of the molecule is CC(c1ccc(OCc2ccccc2)cc1)N(C)C(=O)NO. The molecule has 0 radical (unpaired) electrons. The predicted molar refractivity (Wildman–Crippen MR) is 83.7 cm³/mol. The Balaban J connectivity index is 1.96.